The van der Waals surface area contributed by atoms with Crippen molar-refractivity contribution in [3.05, 3.63) is 24.3 Å². The summed E-state index contributed by atoms with van der Waals surface area (Å²) in [5.41, 5.74) is 7.01. The average molecular weight is 329 g/mol. The second-order valence-corrected chi connectivity index (χ2v) is 4.84. The Kier molecular flexibility index (Phi) is 7.10. The molecule has 1 atom stereocenters. The Morgan fingerprint density at radius 3 is 3.00 bits per heavy atom. The molecule has 1 aliphatic heterocycles. The van der Waals surface area contributed by atoms with Gasteiger partial charge < -0.3 is 21.1 Å². The number of carbonyl (C=O) groups excluding carboxylic acids is 2. The molecule has 0 bridgehead atoms. The third-order valence-electron chi connectivity index (χ3n) is 3.19. The lowest BCUT2D eigenvalue weighted by atomic mass is 10.2. The zero-order valence-corrected chi connectivity index (χ0v) is 13.2. The number of nitrogens with one attached hydrogen (secondary N) is 2. The Labute approximate surface area is 135 Å². The summed E-state index contributed by atoms with van der Waals surface area (Å²) in [5.74, 6) is -0.322. The van der Waals surface area contributed by atoms with Crippen LogP contribution in [0.1, 0.15) is 6.42 Å². The van der Waals surface area contributed by atoms with Crippen molar-refractivity contribution < 1.29 is 14.3 Å². The largest absolute Gasteiger partial charge is 0.383 e. The third kappa shape index (κ3) is 4.59. The van der Waals surface area contributed by atoms with E-state index in [1.165, 1.54) is 7.11 Å². The van der Waals surface area contributed by atoms with Gasteiger partial charge >= 0.3 is 6.03 Å². The van der Waals surface area contributed by atoms with Gasteiger partial charge in [-0.25, -0.2) is 4.79 Å². The number of nitrogens with two attached hydrogens (primary N) is 1. The molecule has 1 aromatic rings. The van der Waals surface area contributed by atoms with Crippen LogP contribution in [-0.2, 0) is 9.53 Å². The van der Waals surface area contributed by atoms with Crippen LogP contribution in [-0.4, -0.2) is 44.8 Å². The van der Waals surface area contributed by atoms with Crippen LogP contribution in [0.25, 0.3) is 0 Å². The number of rotatable bonds is 5. The molecule has 1 unspecified atom stereocenters. The van der Waals surface area contributed by atoms with E-state index in [9.17, 15) is 9.59 Å². The number of ether oxygens (including phenoxy) is 1. The Hall–Kier alpha value is -1.83. The van der Waals surface area contributed by atoms with Gasteiger partial charge in [0.1, 0.15) is 6.04 Å². The van der Waals surface area contributed by atoms with Crippen LogP contribution >= 0.6 is 12.4 Å². The Balaban J connectivity index is 0.00000242. The number of hydrogen-bond donors (Lipinski definition) is 3. The van der Waals surface area contributed by atoms with Gasteiger partial charge in [-0.2, -0.15) is 0 Å². The first-order chi connectivity index (χ1) is 10.1. The summed E-state index contributed by atoms with van der Waals surface area (Å²) in [4.78, 5) is 25.3. The van der Waals surface area contributed by atoms with Crippen molar-refractivity contribution in [1.29, 1.82) is 0 Å². The van der Waals surface area contributed by atoms with Crippen molar-refractivity contribution in [2.24, 2.45) is 5.73 Å². The van der Waals surface area contributed by atoms with E-state index >= 15 is 0 Å². The Bertz CT molecular complexity index is 527. The molecule has 0 aliphatic carbocycles. The fourth-order valence-electron chi connectivity index (χ4n) is 2.12. The maximum Gasteiger partial charge on any atom is 0.321 e. The summed E-state index contributed by atoms with van der Waals surface area (Å²) in [6.07, 6.45) is 0.890. The van der Waals surface area contributed by atoms with E-state index in [-0.39, 0.29) is 31.0 Å². The SMILES string of the molecule is COCC(N)C(=O)Nc1cccc(N2CCCNC2=O)c1.Cl. The topological polar surface area (TPSA) is 96.7 Å². The molecule has 1 saturated heterocycles. The molecule has 1 aromatic carbocycles. The number of nitrogens with zero attached hydrogens (tertiary/aromatic N) is 1. The minimum absolute atomic E-state index is 0. The first-order valence-corrected chi connectivity index (χ1v) is 6.82. The van der Waals surface area contributed by atoms with Crippen LogP contribution in [0.2, 0.25) is 0 Å². The monoisotopic (exact) mass is 328 g/mol. The molecule has 1 heterocycles. The van der Waals surface area contributed by atoms with Crippen molar-refractivity contribution in [2.75, 3.05) is 37.0 Å². The van der Waals surface area contributed by atoms with Crippen LogP contribution in [0, 0.1) is 0 Å². The van der Waals surface area contributed by atoms with Gasteiger partial charge in [0, 0.05) is 31.6 Å². The maximum absolute atomic E-state index is 11.8. The average Bonchev–Trinajstić information content (AvgIpc) is 2.48. The fourth-order valence-corrected chi connectivity index (χ4v) is 2.12. The summed E-state index contributed by atoms with van der Waals surface area (Å²) in [6.45, 7) is 1.50. The smallest absolute Gasteiger partial charge is 0.321 e. The van der Waals surface area contributed by atoms with E-state index in [0.29, 0.717) is 18.8 Å². The highest BCUT2D eigenvalue weighted by Crippen LogP contribution is 2.21. The molecule has 4 N–H and O–H groups in total. The van der Waals surface area contributed by atoms with E-state index in [0.717, 1.165) is 12.1 Å². The van der Waals surface area contributed by atoms with E-state index in [1.807, 2.05) is 6.07 Å². The summed E-state index contributed by atoms with van der Waals surface area (Å²) >= 11 is 0. The second kappa shape index (κ2) is 8.57. The van der Waals surface area contributed by atoms with Crippen molar-refractivity contribution >= 4 is 35.7 Å². The molecule has 0 radical (unpaired) electrons. The van der Waals surface area contributed by atoms with Gasteiger partial charge in [0.15, 0.2) is 0 Å². The number of methoxy groups -OCH3 is 1. The minimum Gasteiger partial charge on any atom is -0.383 e. The fraction of sp³-hybridized carbons (Fsp3) is 0.429. The molecular weight excluding hydrogens is 308 g/mol. The van der Waals surface area contributed by atoms with Crippen LogP contribution in [0.15, 0.2) is 24.3 Å². The normalized spacial score (nSPS) is 15.5. The molecular formula is C14H21ClN4O3. The van der Waals surface area contributed by atoms with Crippen LogP contribution < -0.4 is 21.3 Å². The molecule has 7 nitrogen and oxygen atoms in total. The standard InChI is InChI=1S/C14H20N4O3.ClH/c1-21-9-12(15)13(19)17-10-4-2-5-11(8-10)18-7-3-6-16-14(18)20;/h2,4-5,8,12H,3,6-7,9,15H2,1H3,(H,16,20)(H,17,19);1H. The zero-order chi connectivity index (χ0) is 15.2. The number of hydrogen-bond acceptors (Lipinski definition) is 4. The van der Waals surface area contributed by atoms with Crippen molar-refractivity contribution in [3.63, 3.8) is 0 Å². The highest BCUT2D eigenvalue weighted by Gasteiger charge is 2.20. The van der Waals surface area contributed by atoms with Crippen LogP contribution in [0.5, 0.6) is 0 Å². The lowest BCUT2D eigenvalue weighted by molar-refractivity contribution is -0.118. The molecule has 0 saturated carbocycles. The molecule has 1 aliphatic rings. The summed E-state index contributed by atoms with van der Waals surface area (Å²) < 4.78 is 4.85. The maximum atomic E-state index is 11.8. The summed E-state index contributed by atoms with van der Waals surface area (Å²) in [6, 6.07) is 6.27. The van der Waals surface area contributed by atoms with Crippen LogP contribution in [0.4, 0.5) is 16.2 Å². The lowest BCUT2D eigenvalue weighted by Gasteiger charge is -2.27. The van der Waals surface area contributed by atoms with E-state index < -0.39 is 6.04 Å². The van der Waals surface area contributed by atoms with E-state index in [1.54, 1.807) is 23.1 Å². The number of amides is 3. The van der Waals surface area contributed by atoms with Gasteiger partial charge in [-0.05, 0) is 24.6 Å². The molecule has 0 spiro atoms. The lowest BCUT2D eigenvalue weighted by Crippen LogP contribution is -2.46. The van der Waals surface area contributed by atoms with Gasteiger partial charge in [-0.15, -0.1) is 12.4 Å². The van der Waals surface area contributed by atoms with Crippen molar-refractivity contribution in [2.45, 2.75) is 12.5 Å². The number of urea groups is 1. The predicted octanol–water partition coefficient (Wildman–Crippen LogP) is 0.940. The van der Waals surface area contributed by atoms with Gasteiger partial charge in [-0.1, -0.05) is 6.07 Å². The second-order valence-electron chi connectivity index (χ2n) is 4.84. The Morgan fingerprint density at radius 2 is 2.32 bits per heavy atom. The Morgan fingerprint density at radius 1 is 1.55 bits per heavy atom. The minimum atomic E-state index is -0.725. The van der Waals surface area contributed by atoms with Gasteiger partial charge in [0.05, 0.1) is 6.61 Å². The number of halogens is 1. The first-order valence-electron chi connectivity index (χ1n) is 6.82. The van der Waals surface area contributed by atoms with Gasteiger partial charge in [0.2, 0.25) is 5.91 Å². The summed E-state index contributed by atoms with van der Waals surface area (Å²) in [5, 5.41) is 5.51. The highest BCUT2D eigenvalue weighted by molar-refractivity contribution is 5.97. The predicted molar refractivity (Wildman–Crippen MR) is 87.5 cm³/mol. The van der Waals surface area contributed by atoms with Gasteiger partial charge in [0.25, 0.3) is 0 Å². The quantitative estimate of drug-likeness (QED) is 0.749. The molecule has 8 heteroatoms. The van der Waals surface area contributed by atoms with Gasteiger partial charge in [-0.3, -0.25) is 9.69 Å². The van der Waals surface area contributed by atoms with E-state index in [2.05, 4.69) is 10.6 Å². The molecule has 1 fully saturated rings. The van der Waals surface area contributed by atoms with Crippen LogP contribution in [0.3, 0.4) is 0 Å². The van der Waals surface area contributed by atoms with Crippen molar-refractivity contribution in [1.82, 2.24) is 5.32 Å². The third-order valence-corrected chi connectivity index (χ3v) is 3.19. The van der Waals surface area contributed by atoms with E-state index in [4.69, 9.17) is 10.5 Å². The van der Waals surface area contributed by atoms with Crippen molar-refractivity contribution in [3.8, 4) is 0 Å². The molecule has 2 rings (SSSR count). The highest BCUT2D eigenvalue weighted by atomic mass is 35.5. The summed E-state index contributed by atoms with van der Waals surface area (Å²) in [7, 11) is 1.49. The molecule has 122 valence electrons. The zero-order valence-electron chi connectivity index (χ0n) is 12.4. The molecule has 0 aromatic heterocycles. The molecule has 22 heavy (non-hydrogen) atoms. The molecule has 3 amide bonds. The number of anilines is 2. The first kappa shape index (κ1) is 18.2. The number of benzene rings is 1. The number of carbonyl (C=O) groups is 2.